The molecule has 0 aliphatic rings. The highest BCUT2D eigenvalue weighted by Crippen LogP contribution is 2.09. The van der Waals surface area contributed by atoms with Crippen molar-refractivity contribution < 1.29 is 24.3 Å². The molecular formula is C17H33N7O5. The Labute approximate surface area is 169 Å². The molecule has 0 saturated heterocycles. The second-order valence-corrected chi connectivity index (χ2v) is 6.83. The van der Waals surface area contributed by atoms with E-state index in [2.05, 4.69) is 15.6 Å². The van der Waals surface area contributed by atoms with Crippen LogP contribution in [0.1, 0.15) is 46.0 Å². The molecule has 11 N–H and O–H groups in total. The van der Waals surface area contributed by atoms with Crippen molar-refractivity contribution in [3.05, 3.63) is 0 Å². The van der Waals surface area contributed by atoms with Crippen molar-refractivity contribution in [3.8, 4) is 0 Å². The third kappa shape index (κ3) is 10.9. The fourth-order valence-corrected chi connectivity index (χ4v) is 2.42. The van der Waals surface area contributed by atoms with E-state index < -0.39 is 41.8 Å². The number of carboxylic acids is 1. The Morgan fingerprint density at radius 2 is 1.66 bits per heavy atom. The summed E-state index contributed by atoms with van der Waals surface area (Å²) in [5.74, 6) is -3.59. The highest BCUT2D eigenvalue weighted by Gasteiger charge is 2.30. The zero-order chi connectivity index (χ0) is 22.6. The number of nitrogens with one attached hydrogen (secondary N) is 2. The third-order valence-electron chi connectivity index (χ3n) is 4.39. The van der Waals surface area contributed by atoms with Crippen LogP contribution in [0.5, 0.6) is 0 Å². The lowest BCUT2D eigenvalue weighted by molar-refractivity contribution is -0.144. The summed E-state index contributed by atoms with van der Waals surface area (Å²) in [4.78, 5) is 51.2. The van der Waals surface area contributed by atoms with Crippen LogP contribution in [0.15, 0.2) is 4.99 Å². The topological polar surface area (TPSA) is 229 Å². The maximum Gasteiger partial charge on any atom is 0.326 e. The van der Waals surface area contributed by atoms with E-state index in [0.29, 0.717) is 19.4 Å². The minimum Gasteiger partial charge on any atom is -0.480 e. The van der Waals surface area contributed by atoms with Crippen molar-refractivity contribution in [2.24, 2.45) is 33.8 Å². The smallest absolute Gasteiger partial charge is 0.326 e. The summed E-state index contributed by atoms with van der Waals surface area (Å²) < 4.78 is 0. The van der Waals surface area contributed by atoms with Crippen molar-refractivity contribution in [1.29, 1.82) is 0 Å². The van der Waals surface area contributed by atoms with Gasteiger partial charge in [-0.15, -0.1) is 0 Å². The molecule has 4 atom stereocenters. The van der Waals surface area contributed by atoms with Gasteiger partial charge in [0.1, 0.15) is 12.1 Å². The largest absolute Gasteiger partial charge is 0.480 e. The molecule has 12 heteroatoms. The lowest BCUT2D eigenvalue weighted by Crippen LogP contribution is -2.55. The molecule has 0 aromatic heterocycles. The zero-order valence-corrected chi connectivity index (χ0v) is 16.9. The summed E-state index contributed by atoms with van der Waals surface area (Å²) in [7, 11) is 0. The number of carbonyl (C=O) groups is 4. The Bertz CT molecular complexity index is 607. The molecule has 0 aliphatic heterocycles. The summed E-state index contributed by atoms with van der Waals surface area (Å²) in [5, 5.41) is 14.2. The van der Waals surface area contributed by atoms with E-state index in [4.69, 9.17) is 22.9 Å². The molecule has 0 bridgehead atoms. The lowest BCUT2D eigenvalue weighted by Gasteiger charge is -2.25. The summed E-state index contributed by atoms with van der Waals surface area (Å²) >= 11 is 0. The number of aliphatic carboxylic acids is 1. The van der Waals surface area contributed by atoms with Gasteiger partial charge in [-0.25, -0.2) is 4.79 Å². The van der Waals surface area contributed by atoms with Gasteiger partial charge in [0.05, 0.1) is 6.04 Å². The number of guanidine groups is 1. The van der Waals surface area contributed by atoms with E-state index in [0.717, 1.165) is 0 Å². The highest BCUT2D eigenvalue weighted by molar-refractivity contribution is 5.92. The molecule has 0 radical (unpaired) electrons. The van der Waals surface area contributed by atoms with Crippen LogP contribution < -0.4 is 33.6 Å². The molecule has 0 aromatic carbocycles. The Morgan fingerprint density at radius 3 is 2.14 bits per heavy atom. The average molecular weight is 415 g/mol. The molecule has 0 heterocycles. The number of hydrogen-bond acceptors (Lipinski definition) is 6. The number of rotatable bonds is 14. The molecule has 0 unspecified atom stereocenters. The number of amides is 3. The summed E-state index contributed by atoms with van der Waals surface area (Å²) in [5.41, 5.74) is 21.4. The number of nitrogens with zero attached hydrogens (tertiary/aromatic N) is 1. The second kappa shape index (κ2) is 13.3. The van der Waals surface area contributed by atoms with Gasteiger partial charge in [-0.05, 0) is 25.2 Å². The lowest BCUT2D eigenvalue weighted by atomic mass is 9.98. The molecule has 166 valence electrons. The number of primary amides is 1. The monoisotopic (exact) mass is 415 g/mol. The van der Waals surface area contributed by atoms with Crippen LogP contribution in [0.3, 0.4) is 0 Å². The molecule has 0 saturated carbocycles. The maximum absolute atomic E-state index is 12.6. The van der Waals surface area contributed by atoms with Gasteiger partial charge in [0.25, 0.3) is 0 Å². The first-order chi connectivity index (χ1) is 13.5. The number of carboxylic acid groups (broad SMARTS) is 1. The molecule has 0 aromatic rings. The zero-order valence-electron chi connectivity index (χ0n) is 16.9. The second-order valence-electron chi connectivity index (χ2n) is 6.83. The minimum atomic E-state index is -1.19. The van der Waals surface area contributed by atoms with Gasteiger partial charge < -0.3 is 38.7 Å². The fraction of sp³-hybridized carbons (Fsp3) is 0.706. The normalized spacial score (nSPS) is 14.7. The van der Waals surface area contributed by atoms with Crippen LogP contribution in [0.25, 0.3) is 0 Å². The number of nitrogens with two attached hydrogens (primary N) is 4. The summed E-state index contributed by atoms with van der Waals surface area (Å²) in [6.45, 7) is 3.77. The van der Waals surface area contributed by atoms with Crippen LogP contribution >= 0.6 is 0 Å². The SMILES string of the molecule is CC[C@H](C)[C@H](NC(=O)[C@H](CCC(N)=O)NC(=O)[C@@H](N)CCCN=C(N)N)C(=O)O. The predicted octanol–water partition coefficient (Wildman–Crippen LogP) is -2.27. The maximum atomic E-state index is 12.6. The molecule has 29 heavy (non-hydrogen) atoms. The molecule has 12 nitrogen and oxygen atoms in total. The minimum absolute atomic E-state index is 0.0690. The molecule has 0 fully saturated rings. The fourth-order valence-electron chi connectivity index (χ4n) is 2.42. The van der Waals surface area contributed by atoms with Crippen LogP contribution in [-0.2, 0) is 19.2 Å². The Morgan fingerprint density at radius 1 is 1.03 bits per heavy atom. The number of aliphatic imine (C=N–C) groups is 1. The molecule has 0 aliphatic carbocycles. The first-order valence-corrected chi connectivity index (χ1v) is 9.42. The van der Waals surface area contributed by atoms with E-state index in [9.17, 15) is 24.3 Å². The molecular weight excluding hydrogens is 382 g/mol. The number of carbonyl (C=O) groups excluding carboxylic acids is 3. The van der Waals surface area contributed by atoms with Crippen molar-refractivity contribution in [3.63, 3.8) is 0 Å². The van der Waals surface area contributed by atoms with Crippen molar-refractivity contribution in [2.45, 2.75) is 64.1 Å². The predicted molar refractivity (Wildman–Crippen MR) is 107 cm³/mol. The van der Waals surface area contributed by atoms with Gasteiger partial charge in [-0.3, -0.25) is 19.4 Å². The highest BCUT2D eigenvalue weighted by atomic mass is 16.4. The average Bonchev–Trinajstić information content (AvgIpc) is 2.64. The van der Waals surface area contributed by atoms with Gasteiger partial charge in [0.2, 0.25) is 17.7 Å². The van der Waals surface area contributed by atoms with Gasteiger partial charge in [-0.1, -0.05) is 20.3 Å². The first-order valence-electron chi connectivity index (χ1n) is 9.42. The van der Waals surface area contributed by atoms with Crippen molar-refractivity contribution in [1.82, 2.24) is 10.6 Å². The standard InChI is InChI=1S/C17H33N7O5/c1-3-9(2)13(16(28)29)24-15(27)11(6-7-12(19)25)23-14(26)10(18)5-4-8-22-17(20)21/h9-11,13H,3-8,18H2,1-2H3,(H2,19,25)(H,23,26)(H,24,27)(H,28,29)(H4,20,21,22)/t9-,10-,11-,13-/m0/s1. The molecule has 0 rings (SSSR count). The Hall–Kier alpha value is -2.89. The molecule has 3 amide bonds. The van der Waals surface area contributed by atoms with Crippen LogP contribution in [0.2, 0.25) is 0 Å². The van der Waals surface area contributed by atoms with Crippen LogP contribution in [-0.4, -0.2) is 59.4 Å². The van der Waals surface area contributed by atoms with Gasteiger partial charge >= 0.3 is 5.97 Å². The van der Waals surface area contributed by atoms with E-state index in [1.54, 1.807) is 13.8 Å². The first kappa shape index (κ1) is 26.1. The van der Waals surface area contributed by atoms with E-state index in [1.165, 1.54) is 0 Å². The quantitative estimate of drug-likeness (QED) is 0.0926. The summed E-state index contributed by atoms with van der Waals surface area (Å²) in [6, 6.07) is -3.21. The Balaban J connectivity index is 5.03. The molecule has 0 spiro atoms. The van der Waals surface area contributed by atoms with Crippen molar-refractivity contribution in [2.75, 3.05) is 6.54 Å². The van der Waals surface area contributed by atoms with Gasteiger partial charge in [0, 0.05) is 13.0 Å². The van der Waals surface area contributed by atoms with E-state index >= 15 is 0 Å². The van der Waals surface area contributed by atoms with E-state index in [-0.39, 0.29) is 31.1 Å². The van der Waals surface area contributed by atoms with Crippen molar-refractivity contribution >= 4 is 29.7 Å². The van der Waals surface area contributed by atoms with Crippen LogP contribution in [0, 0.1) is 5.92 Å². The van der Waals surface area contributed by atoms with Crippen LogP contribution in [0.4, 0.5) is 0 Å². The third-order valence-corrected chi connectivity index (χ3v) is 4.39. The van der Waals surface area contributed by atoms with Gasteiger partial charge in [-0.2, -0.15) is 0 Å². The Kier molecular flexibility index (Phi) is 12.0. The number of hydrogen-bond donors (Lipinski definition) is 7. The summed E-state index contributed by atoms with van der Waals surface area (Å²) in [6.07, 6.45) is 0.979. The van der Waals surface area contributed by atoms with E-state index in [1.807, 2.05) is 0 Å². The van der Waals surface area contributed by atoms with Gasteiger partial charge in [0.15, 0.2) is 5.96 Å².